The lowest BCUT2D eigenvalue weighted by Gasteiger charge is -2.27. The predicted molar refractivity (Wildman–Crippen MR) is 59.0 cm³/mol. The van der Waals surface area contributed by atoms with Gasteiger partial charge in [-0.15, -0.1) is 0 Å². The van der Waals surface area contributed by atoms with Crippen molar-refractivity contribution in [3.05, 3.63) is 29.6 Å². The Hall–Kier alpha value is -1.13. The van der Waals surface area contributed by atoms with E-state index in [1.807, 2.05) is 6.07 Å². The highest BCUT2D eigenvalue weighted by Gasteiger charge is 2.10. The summed E-state index contributed by atoms with van der Waals surface area (Å²) < 4.78 is 13.1. The number of nitrogens with one attached hydrogen (secondary N) is 1. The highest BCUT2D eigenvalue weighted by molar-refractivity contribution is 5.41. The average molecular weight is 209 g/mol. The Morgan fingerprint density at radius 2 is 2.00 bits per heavy atom. The van der Waals surface area contributed by atoms with Gasteiger partial charge in [-0.2, -0.15) is 0 Å². The first kappa shape index (κ1) is 10.4. The number of nitrogens with two attached hydrogens (primary N) is 1. The Morgan fingerprint density at radius 1 is 1.27 bits per heavy atom. The maximum absolute atomic E-state index is 13.1. The molecule has 1 aromatic rings. The fourth-order valence-electron chi connectivity index (χ4n) is 1.89. The van der Waals surface area contributed by atoms with Crippen molar-refractivity contribution in [1.82, 2.24) is 10.2 Å². The van der Waals surface area contributed by atoms with Gasteiger partial charge in [-0.25, -0.2) is 4.39 Å². The number of hydrogen-bond acceptors (Lipinski definition) is 3. The third-order valence-electron chi connectivity index (χ3n) is 2.60. The number of piperazine rings is 1. The van der Waals surface area contributed by atoms with Crippen molar-refractivity contribution in [2.24, 2.45) is 0 Å². The summed E-state index contributed by atoms with van der Waals surface area (Å²) in [5.41, 5.74) is 7.05. The molecule has 3 nitrogen and oxygen atoms in total. The third-order valence-corrected chi connectivity index (χ3v) is 2.60. The van der Waals surface area contributed by atoms with Gasteiger partial charge in [0, 0.05) is 38.4 Å². The molecule has 0 aromatic heterocycles. The second-order valence-electron chi connectivity index (χ2n) is 3.92. The Kier molecular flexibility index (Phi) is 3.18. The molecule has 0 saturated carbocycles. The van der Waals surface area contributed by atoms with Gasteiger partial charge in [0.25, 0.3) is 0 Å². The molecule has 0 aliphatic carbocycles. The molecule has 0 radical (unpaired) electrons. The lowest BCUT2D eigenvalue weighted by Crippen LogP contribution is -2.42. The fraction of sp³-hybridized carbons (Fsp3) is 0.455. The summed E-state index contributed by atoms with van der Waals surface area (Å²) in [4.78, 5) is 2.30. The molecule has 15 heavy (non-hydrogen) atoms. The van der Waals surface area contributed by atoms with Gasteiger partial charge < -0.3 is 11.1 Å². The lowest BCUT2D eigenvalue weighted by atomic mass is 10.1. The summed E-state index contributed by atoms with van der Waals surface area (Å²) in [5, 5.41) is 3.28. The summed E-state index contributed by atoms with van der Waals surface area (Å²) in [6.07, 6.45) is 0. The van der Waals surface area contributed by atoms with Crippen LogP contribution in [-0.4, -0.2) is 31.1 Å². The highest BCUT2D eigenvalue weighted by Crippen LogP contribution is 2.13. The Morgan fingerprint density at radius 3 is 2.67 bits per heavy atom. The van der Waals surface area contributed by atoms with Crippen molar-refractivity contribution in [3.63, 3.8) is 0 Å². The van der Waals surface area contributed by atoms with E-state index in [1.54, 1.807) is 6.07 Å². The topological polar surface area (TPSA) is 41.3 Å². The SMILES string of the molecule is Nc1cc(F)cc(CN2CCNCC2)c1. The number of rotatable bonds is 2. The smallest absolute Gasteiger partial charge is 0.125 e. The number of anilines is 1. The molecular weight excluding hydrogens is 193 g/mol. The maximum atomic E-state index is 13.1. The van der Waals surface area contributed by atoms with Crippen molar-refractivity contribution in [1.29, 1.82) is 0 Å². The van der Waals surface area contributed by atoms with Crippen molar-refractivity contribution < 1.29 is 4.39 Å². The quantitative estimate of drug-likeness (QED) is 0.708. The molecule has 0 atom stereocenters. The minimum absolute atomic E-state index is 0.250. The van der Waals surface area contributed by atoms with Crippen LogP contribution in [0.2, 0.25) is 0 Å². The first-order valence-corrected chi connectivity index (χ1v) is 5.22. The Bertz CT molecular complexity index is 314. The van der Waals surface area contributed by atoms with Crippen LogP contribution in [0.4, 0.5) is 10.1 Å². The van der Waals surface area contributed by atoms with E-state index in [9.17, 15) is 4.39 Å². The molecule has 3 N–H and O–H groups in total. The molecule has 82 valence electrons. The number of hydrogen-bond donors (Lipinski definition) is 2. The normalized spacial score (nSPS) is 17.9. The summed E-state index contributed by atoms with van der Waals surface area (Å²) in [6, 6.07) is 4.74. The first-order valence-electron chi connectivity index (χ1n) is 5.22. The van der Waals surface area contributed by atoms with Crippen molar-refractivity contribution >= 4 is 5.69 Å². The van der Waals surface area contributed by atoms with Gasteiger partial charge >= 0.3 is 0 Å². The van der Waals surface area contributed by atoms with E-state index in [1.165, 1.54) is 6.07 Å². The van der Waals surface area contributed by atoms with Gasteiger partial charge in [0.15, 0.2) is 0 Å². The van der Waals surface area contributed by atoms with Crippen LogP contribution in [0.15, 0.2) is 18.2 Å². The molecular formula is C11H16FN3. The van der Waals surface area contributed by atoms with E-state index < -0.39 is 0 Å². The van der Waals surface area contributed by atoms with E-state index in [0.29, 0.717) is 5.69 Å². The second-order valence-corrected chi connectivity index (χ2v) is 3.92. The number of nitrogen functional groups attached to an aromatic ring is 1. The van der Waals surface area contributed by atoms with Gasteiger partial charge in [-0.3, -0.25) is 4.90 Å². The lowest BCUT2D eigenvalue weighted by molar-refractivity contribution is 0.233. The minimum Gasteiger partial charge on any atom is -0.399 e. The fourth-order valence-corrected chi connectivity index (χ4v) is 1.89. The molecule has 2 rings (SSSR count). The van der Waals surface area contributed by atoms with Crippen LogP contribution in [0.1, 0.15) is 5.56 Å². The van der Waals surface area contributed by atoms with Gasteiger partial charge in [-0.1, -0.05) is 0 Å². The molecule has 0 bridgehead atoms. The van der Waals surface area contributed by atoms with E-state index >= 15 is 0 Å². The molecule has 1 heterocycles. The zero-order valence-electron chi connectivity index (χ0n) is 8.67. The standard InChI is InChI=1S/C11H16FN3/c12-10-5-9(6-11(13)7-10)8-15-3-1-14-2-4-15/h5-7,14H,1-4,8,13H2. The van der Waals surface area contributed by atoms with Crippen LogP contribution in [0.5, 0.6) is 0 Å². The molecule has 0 unspecified atom stereocenters. The molecule has 1 aliphatic rings. The second kappa shape index (κ2) is 4.59. The summed E-state index contributed by atoms with van der Waals surface area (Å²) >= 11 is 0. The zero-order valence-corrected chi connectivity index (χ0v) is 8.67. The highest BCUT2D eigenvalue weighted by atomic mass is 19.1. The van der Waals surface area contributed by atoms with E-state index in [2.05, 4.69) is 10.2 Å². The number of nitrogens with zero attached hydrogens (tertiary/aromatic N) is 1. The molecule has 1 aromatic carbocycles. The molecule has 1 fully saturated rings. The Labute approximate surface area is 89.1 Å². The Balaban J connectivity index is 2.02. The van der Waals surface area contributed by atoms with E-state index in [0.717, 1.165) is 38.3 Å². The third kappa shape index (κ3) is 2.91. The van der Waals surface area contributed by atoms with Gasteiger partial charge in [-0.05, 0) is 23.8 Å². The van der Waals surface area contributed by atoms with Crippen LogP contribution in [0.3, 0.4) is 0 Å². The van der Waals surface area contributed by atoms with Gasteiger partial charge in [0.1, 0.15) is 5.82 Å². The first-order chi connectivity index (χ1) is 7.24. The summed E-state index contributed by atoms with van der Waals surface area (Å²) in [6.45, 7) is 4.81. The van der Waals surface area contributed by atoms with Crippen LogP contribution >= 0.6 is 0 Å². The summed E-state index contributed by atoms with van der Waals surface area (Å²) in [7, 11) is 0. The molecule has 0 spiro atoms. The summed E-state index contributed by atoms with van der Waals surface area (Å²) in [5.74, 6) is -0.250. The molecule has 1 saturated heterocycles. The van der Waals surface area contributed by atoms with Crippen molar-refractivity contribution in [3.8, 4) is 0 Å². The zero-order chi connectivity index (χ0) is 10.7. The van der Waals surface area contributed by atoms with Crippen molar-refractivity contribution in [2.45, 2.75) is 6.54 Å². The maximum Gasteiger partial charge on any atom is 0.125 e. The van der Waals surface area contributed by atoms with Gasteiger partial charge in [0.2, 0.25) is 0 Å². The van der Waals surface area contributed by atoms with Crippen LogP contribution in [-0.2, 0) is 6.54 Å². The minimum atomic E-state index is -0.250. The predicted octanol–water partition coefficient (Wildman–Crippen LogP) is 0.813. The monoisotopic (exact) mass is 209 g/mol. The molecule has 4 heteroatoms. The van der Waals surface area contributed by atoms with E-state index in [-0.39, 0.29) is 5.82 Å². The molecule has 1 aliphatic heterocycles. The number of benzene rings is 1. The average Bonchev–Trinajstić information content (AvgIpc) is 2.17. The van der Waals surface area contributed by atoms with Crippen molar-refractivity contribution in [2.75, 3.05) is 31.9 Å². The molecule has 0 amide bonds. The van der Waals surface area contributed by atoms with Crippen LogP contribution < -0.4 is 11.1 Å². The number of halogens is 1. The van der Waals surface area contributed by atoms with E-state index in [4.69, 9.17) is 5.73 Å². The van der Waals surface area contributed by atoms with Crippen LogP contribution in [0, 0.1) is 5.82 Å². The van der Waals surface area contributed by atoms with Gasteiger partial charge in [0.05, 0.1) is 0 Å². The largest absolute Gasteiger partial charge is 0.399 e. The van der Waals surface area contributed by atoms with Crippen LogP contribution in [0.25, 0.3) is 0 Å².